The molecule has 0 saturated heterocycles. The van der Waals surface area contributed by atoms with Crippen LogP contribution in [0, 0.1) is 0 Å². The molecule has 5 heteroatoms. The van der Waals surface area contributed by atoms with Crippen LogP contribution in [-0.4, -0.2) is 28.1 Å². The van der Waals surface area contributed by atoms with Crippen LogP contribution in [0.15, 0.2) is 18.2 Å². The Hall–Kier alpha value is -0.870. The summed E-state index contributed by atoms with van der Waals surface area (Å²) in [5.41, 5.74) is 0.810. The van der Waals surface area contributed by atoms with Crippen molar-refractivity contribution < 1.29 is 9.90 Å². The summed E-state index contributed by atoms with van der Waals surface area (Å²) in [7, 11) is 0. The number of hydrogen-bond donors (Lipinski definition) is 2. The van der Waals surface area contributed by atoms with E-state index in [0.717, 1.165) is 12.2 Å². The molecule has 0 heterocycles. The molecular weight excluding hydrogens is 282 g/mol. The number of carboxylic acid groups (broad SMARTS) is 1. The zero-order chi connectivity index (χ0) is 13.8. The molecule has 1 aliphatic rings. The molecule has 0 aromatic heterocycles. The summed E-state index contributed by atoms with van der Waals surface area (Å²) in [6, 6.07) is 5.53. The lowest BCUT2D eigenvalue weighted by atomic mass is 10.1. The number of anilines is 1. The largest absolute Gasteiger partial charge is 0.478 e. The second-order valence-corrected chi connectivity index (χ2v) is 6.57. The van der Waals surface area contributed by atoms with E-state index in [1.165, 1.54) is 12.8 Å². The minimum atomic E-state index is -0.981. The quantitative estimate of drug-likeness (QED) is 0.858. The lowest BCUT2D eigenvalue weighted by molar-refractivity contribution is 0.0698. The van der Waals surface area contributed by atoms with Crippen molar-refractivity contribution in [3.63, 3.8) is 0 Å². The maximum absolute atomic E-state index is 11.3. The van der Waals surface area contributed by atoms with Gasteiger partial charge >= 0.3 is 5.97 Å². The van der Waals surface area contributed by atoms with Gasteiger partial charge in [0.15, 0.2) is 0 Å². The smallest absolute Gasteiger partial charge is 0.339 e. The Labute approximate surface area is 122 Å². The van der Waals surface area contributed by atoms with Gasteiger partial charge in [0.25, 0.3) is 0 Å². The normalized spacial score (nSPS) is 22.4. The highest BCUT2D eigenvalue weighted by Crippen LogP contribution is 2.34. The second kappa shape index (κ2) is 6.53. The molecule has 1 saturated carbocycles. The number of halogens is 1. The maximum Gasteiger partial charge on any atom is 0.339 e. The summed E-state index contributed by atoms with van der Waals surface area (Å²) in [6.45, 7) is 2.15. The number of carboxylic acids is 1. The van der Waals surface area contributed by atoms with E-state index < -0.39 is 5.97 Å². The van der Waals surface area contributed by atoms with Gasteiger partial charge in [-0.3, -0.25) is 0 Å². The lowest BCUT2D eigenvalue weighted by Crippen LogP contribution is -2.27. The molecule has 2 rings (SSSR count). The van der Waals surface area contributed by atoms with Crippen molar-refractivity contribution >= 4 is 35.0 Å². The highest BCUT2D eigenvalue weighted by Gasteiger charge is 2.28. The minimum absolute atomic E-state index is 0.177. The van der Waals surface area contributed by atoms with Crippen molar-refractivity contribution in [2.24, 2.45) is 0 Å². The highest BCUT2D eigenvalue weighted by molar-refractivity contribution is 7.99. The van der Waals surface area contributed by atoms with Crippen LogP contribution in [0.5, 0.6) is 0 Å². The summed E-state index contributed by atoms with van der Waals surface area (Å²) in [6.07, 6.45) is 3.47. The van der Waals surface area contributed by atoms with E-state index in [1.54, 1.807) is 18.2 Å². The van der Waals surface area contributed by atoms with Crippen molar-refractivity contribution in [1.29, 1.82) is 0 Å². The average molecular weight is 300 g/mol. The molecule has 2 unspecified atom stereocenters. The first-order valence-corrected chi connectivity index (χ1v) is 7.96. The van der Waals surface area contributed by atoms with Crippen LogP contribution in [0.3, 0.4) is 0 Å². The predicted octanol–water partition coefficient (Wildman–Crippen LogP) is 4.12. The third-order valence-corrected chi connectivity index (χ3v) is 5.04. The van der Waals surface area contributed by atoms with E-state index in [9.17, 15) is 9.90 Å². The molecule has 19 heavy (non-hydrogen) atoms. The molecule has 0 spiro atoms. The van der Waals surface area contributed by atoms with Gasteiger partial charge in [0.05, 0.1) is 10.7 Å². The maximum atomic E-state index is 11.3. The summed E-state index contributed by atoms with van der Waals surface area (Å²) in [5, 5.41) is 13.5. The number of carbonyl (C=O) groups is 1. The van der Waals surface area contributed by atoms with Crippen LogP contribution < -0.4 is 5.32 Å². The van der Waals surface area contributed by atoms with E-state index in [4.69, 9.17) is 11.6 Å². The molecule has 1 aliphatic carbocycles. The molecule has 2 atom stereocenters. The number of nitrogens with one attached hydrogen (secondary N) is 1. The number of benzene rings is 1. The number of thioether (sulfide) groups is 1. The Kier molecular flexibility index (Phi) is 4.99. The Balaban J connectivity index is 2.19. The standard InChI is InChI=1S/C14H18ClNO2S/c1-2-19-12-8-4-6-10(12)16-11-7-3-5-9(15)13(11)14(17)18/h3,5,7,10,12,16H,2,4,6,8H2,1H3,(H,17,18). The predicted molar refractivity (Wildman–Crippen MR) is 81.6 cm³/mol. The number of aromatic carboxylic acids is 1. The molecule has 2 N–H and O–H groups in total. The van der Waals surface area contributed by atoms with Crippen LogP contribution in [0.1, 0.15) is 36.5 Å². The van der Waals surface area contributed by atoms with Gasteiger partial charge in [-0.25, -0.2) is 4.79 Å². The van der Waals surface area contributed by atoms with Gasteiger partial charge in [0, 0.05) is 11.3 Å². The van der Waals surface area contributed by atoms with Gasteiger partial charge in [-0.15, -0.1) is 0 Å². The third kappa shape index (κ3) is 3.37. The van der Waals surface area contributed by atoms with Crippen LogP contribution in [0.2, 0.25) is 5.02 Å². The molecule has 0 amide bonds. The zero-order valence-electron chi connectivity index (χ0n) is 10.9. The van der Waals surface area contributed by atoms with Crippen molar-refractivity contribution in [2.45, 2.75) is 37.5 Å². The van der Waals surface area contributed by atoms with Crippen LogP contribution in [0.4, 0.5) is 5.69 Å². The molecule has 0 aliphatic heterocycles. The first-order valence-electron chi connectivity index (χ1n) is 6.53. The Morgan fingerprint density at radius 3 is 3.00 bits per heavy atom. The van der Waals surface area contributed by atoms with E-state index in [0.29, 0.717) is 17.0 Å². The summed E-state index contributed by atoms with van der Waals surface area (Å²) in [5.74, 6) is 0.107. The minimum Gasteiger partial charge on any atom is -0.478 e. The molecule has 1 aromatic rings. The van der Waals surface area contributed by atoms with Gasteiger partial charge < -0.3 is 10.4 Å². The number of hydrogen-bond acceptors (Lipinski definition) is 3. The van der Waals surface area contributed by atoms with Gasteiger partial charge in [0.2, 0.25) is 0 Å². The highest BCUT2D eigenvalue weighted by atomic mass is 35.5. The van der Waals surface area contributed by atoms with Gasteiger partial charge in [-0.1, -0.05) is 31.0 Å². The van der Waals surface area contributed by atoms with E-state index in [-0.39, 0.29) is 10.6 Å². The SMILES string of the molecule is CCSC1CCCC1Nc1cccc(Cl)c1C(=O)O. The average Bonchev–Trinajstić information content (AvgIpc) is 2.77. The van der Waals surface area contributed by atoms with Crippen molar-refractivity contribution in [3.8, 4) is 0 Å². The van der Waals surface area contributed by atoms with Crippen LogP contribution in [-0.2, 0) is 0 Å². The molecular formula is C14H18ClNO2S. The van der Waals surface area contributed by atoms with E-state index in [1.807, 2.05) is 11.8 Å². The topological polar surface area (TPSA) is 49.3 Å². The van der Waals surface area contributed by atoms with Crippen LogP contribution in [0.25, 0.3) is 0 Å². The first-order chi connectivity index (χ1) is 9.13. The molecule has 1 aromatic carbocycles. The Bertz CT molecular complexity index is 467. The Morgan fingerprint density at radius 1 is 1.53 bits per heavy atom. The number of rotatable bonds is 5. The third-order valence-electron chi connectivity index (χ3n) is 3.40. The van der Waals surface area contributed by atoms with E-state index >= 15 is 0 Å². The van der Waals surface area contributed by atoms with Crippen molar-refractivity contribution in [3.05, 3.63) is 28.8 Å². The fourth-order valence-corrected chi connectivity index (χ4v) is 4.02. The molecule has 104 valence electrons. The molecule has 1 fully saturated rings. The van der Waals surface area contributed by atoms with Crippen molar-refractivity contribution in [2.75, 3.05) is 11.1 Å². The van der Waals surface area contributed by atoms with Gasteiger partial charge in [0.1, 0.15) is 5.56 Å². The zero-order valence-corrected chi connectivity index (χ0v) is 12.4. The van der Waals surface area contributed by atoms with Gasteiger partial charge in [-0.2, -0.15) is 11.8 Å². The second-order valence-electron chi connectivity index (χ2n) is 4.64. The summed E-state index contributed by atoms with van der Waals surface area (Å²) in [4.78, 5) is 11.3. The summed E-state index contributed by atoms with van der Waals surface area (Å²) < 4.78 is 0. The fourth-order valence-electron chi connectivity index (χ4n) is 2.57. The Morgan fingerprint density at radius 2 is 2.32 bits per heavy atom. The lowest BCUT2D eigenvalue weighted by Gasteiger charge is -2.22. The van der Waals surface area contributed by atoms with Gasteiger partial charge in [-0.05, 0) is 30.7 Å². The van der Waals surface area contributed by atoms with E-state index in [2.05, 4.69) is 12.2 Å². The van der Waals surface area contributed by atoms with Crippen molar-refractivity contribution in [1.82, 2.24) is 0 Å². The monoisotopic (exact) mass is 299 g/mol. The summed E-state index contributed by atoms with van der Waals surface area (Å²) >= 11 is 7.92. The molecule has 0 bridgehead atoms. The van der Waals surface area contributed by atoms with Crippen LogP contribution >= 0.6 is 23.4 Å². The molecule has 3 nitrogen and oxygen atoms in total. The fraction of sp³-hybridized carbons (Fsp3) is 0.500. The first kappa shape index (κ1) is 14.5. The molecule has 0 radical (unpaired) electrons.